The lowest BCUT2D eigenvalue weighted by Gasteiger charge is -2.71. The van der Waals surface area contributed by atoms with Crippen LogP contribution in [0.3, 0.4) is 0 Å². The lowest BCUT2D eigenvalue weighted by molar-refractivity contribution is -0.0385. The van der Waals surface area contributed by atoms with Crippen LogP contribution in [0.1, 0.15) is 52.5 Å². The summed E-state index contributed by atoms with van der Waals surface area (Å²) in [6.45, 7) is 8.39. The maximum atomic E-state index is 13.6. The molecule has 1 saturated heterocycles. The molecule has 5 rings (SSSR count). The number of halogens is 1. The first-order valence-corrected chi connectivity index (χ1v) is 8.33. The Hall–Kier alpha value is -1.07. The molecule has 0 unspecified atom stereocenters. The van der Waals surface area contributed by atoms with Gasteiger partial charge in [0, 0.05) is 5.31 Å². The van der Waals surface area contributed by atoms with Gasteiger partial charge in [-0.3, -0.25) is 0 Å². The molecule has 0 spiro atoms. The second kappa shape index (κ2) is 4.31. The molecule has 0 atom stereocenters. The number of hydrogen-bond acceptors (Lipinski definition) is 3. The molecule has 23 heavy (non-hydrogen) atoms. The van der Waals surface area contributed by atoms with Crippen molar-refractivity contribution in [3.8, 4) is 5.75 Å². The van der Waals surface area contributed by atoms with Crippen molar-refractivity contribution in [3.63, 3.8) is 0 Å². The molecule has 0 radical (unpaired) electrons. The Bertz CT molecular complexity index is 634. The maximum Gasteiger partial charge on any atom is 0.464 e. The number of hydrogen-bond donors (Lipinski definition) is 0. The first-order chi connectivity index (χ1) is 10.6. The fourth-order valence-corrected chi connectivity index (χ4v) is 4.51. The summed E-state index contributed by atoms with van der Waals surface area (Å²) in [6.07, 6.45) is 3.14. The molecular weight excluding hydrogens is 294 g/mol. The Balaban J connectivity index is 1.51. The van der Waals surface area contributed by atoms with E-state index in [-0.39, 0.29) is 34.9 Å². The van der Waals surface area contributed by atoms with Gasteiger partial charge in [-0.2, -0.15) is 0 Å². The van der Waals surface area contributed by atoms with Gasteiger partial charge in [0.1, 0.15) is 0 Å². The van der Waals surface area contributed by atoms with Crippen LogP contribution in [0.15, 0.2) is 18.2 Å². The largest absolute Gasteiger partial charge is 0.494 e. The van der Waals surface area contributed by atoms with Crippen LogP contribution in [0.5, 0.6) is 5.75 Å². The van der Waals surface area contributed by atoms with Crippen molar-refractivity contribution in [1.82, 2.24) is 0 Å². The molecule has 1 aliphatic heterocycles. The molecule has 4 fully saturated rings. The van der Waals surface area contributed by atoms with Crippen LogP contribution >= 0.6 is 0 Å². The van der Waals surface area contributed by atoms with Crippen LogP contribution in [0.4, 0.5) is 4.39 Å². The van der Waals surface area contributed by atoms with Crippen LogP contribution in [0.2, 0.25) is 5.31 Å². The third-order valence-electron chi connectivity index (χ3n) is 6.59. The van der Waals surface area contributed by atoms with E-state index in [4.69, 9.17) is 14.0 Å². The van der Waals surface area contributed by atoms with Crippen LogP contribution in [0, 0.1) is 5.82 Å². The zero-order valence-corrected chi connectivity index (χ0v) is 14.5. The van der Waals surface area contributed by atoms with E-state index in [2.05, 4.69) is 27.7 Å². The summed E-state index contributed by atoms with van der Waals surface area (Å²) in [5.74, 6) is 0.0282. The van der Waals surface area contributed by atoms with E-state index >= 15 is 0 Å². The van der Waals surface area contributed by atoms with E-state index in [0.29, 0.717) is 5.75 Å². The van der Waals surface area contributed by atoms with E-state index in [1.807, 2.05) is 12.1 Å². The predicted octanol–water partition coefficient (Wildman–Crippen LogP) is 4.10. The molecule has 1 aromatic rings. The molecule has 3 aliphatic carbocycles. The van der Waals surface area contributed by atoms with Gasteiger partial charge in [0.05, 0.1) is 18.3 Å². The second-order valence-electron chi connectivity index (χ2n) is 8.61. The topological polar surface area (TPSA) is 27.7 Å². The van der Waals surface area contributed by atoms with Gasteiger partial charge in [-0.25, -0.2) is 4.39 Å². The van der Waals surface area contributed by atoms with Crippen molar-refractivity contribution in [2.45, 2.75) is 68.9 Å². The minimum atomic E-state index is -0.302. The van der Waals surface area contributed by atoms with Gasteiger partial charge in [-0.1, -0.05) is 6.07 Å². The van der Waals surface area contributed by atoms with Crippen molar-refractivity contribution in [3.05, 3.63) is 29.6 Å². The fourth-order valence-electron chi connectivity index (χ4n) is 4.51. The summed E-state index contributed by atoms with van der Waals surface area (Å²) in [4.78, 5) is 0. The van der Waals surface area contributed by atoms with Crippen molar-refractivity contribution in [2.75, 3.05) is 7.11 Å². The van der Waals surface area contributed by atoms with Gasteiger partial charge >= 0.3 is 7.12 Å². The summed E-state index contributed by atoms with van der Waals surface area (Å²) >= 11 is 0. The van der Waals surface area contributed by atoms with Gasteiger partial charge in [0.15, 0.2) is 11.6 Å². The SMILES string of the molecule is COc1cc(C23CC(B4OC(C)(C)C(C)(C)O4)(C2)C3)ccc1F. The molecule has 124 valence electrons. The fraction of sp³-hybridized carbons (Fsp3) is 0.667. The van der Waals surface area contributed by atoms with E-state index < -0.39 is 0 Å². The molecule has 3 saturated carbocycles. The van der Waals surface area contributed by atoms with E-state index in [1.165, 1.54) is 18.7 Å². The average molecular weight is 318 g/mol. The quantitative estimate of drug-likeness (QED) is 0.785. The number of methoxy groups -OCH3 is 1. The van der Waals surface area contributed by atoms with Gasteiger partial charge < -0.3 is 14.0 Å². The Morgan fingerprint density at radius 1 is 1.04 bits per heavy atom. The first kappa shape index (κ1) is 15.5. The highest BCUT2D eigenvalue weighted by Crippen LogP contribution is 2.80. The molecule has 1 aromatic carbocycles. The zero-order chi connectivity index (χ0) is 16.7. The normalized spacial score (nSPS) is 36.3. The highest BCUT2D eigenvalue weighted by Gasteiger charge is 2.76. The van der Waals surface area contributed by atoms with Crippen molar-refractivity contribution in [2.24, 2.45) is 0 Å². The second-order valence-corrected chi connectivity index (χ2v) is 8.61. The van der Waals surface area contributed by atoms with Crippen molar-refractivity contribution >= 4 is 7.12 Å². The Morgan fingerprint density at radius 2 is 1.61 bits per heavy atom. The zero-order valence-electron chi connectivity index (χ0n) is 14.5. The minimum Gasteiger partial charge on any atom is -0.494 e. The summed E-state index contributed by atoms with van der Waals surface area (Å²) < 4.78 is 31.2. The average Bonchev–Trinajstić information content (AvgIpc) is 2.57. The van der Waals surface area contributed by atoms with Gasteiger partial charge in [0.2, 0.25) is 0 Å². The first-order valence-electron chi connectivity index (χ1n) is 8.33. The third-order valence-corrected chi connectivity index (χ3v) is 6.59. The van der Waals surface area contributed by atoms with Crippen LogP contribution < -0.4 is 4.74 Å². The van der Waals surface area contributed by atoms with E-state index in [9.17, 15) is 4.39 Å². The van der Waals surface area contributed by atoms with Gasteiger partial charge in [-0.15, -0.1) is 0 Å². The summed E-state index contributed by atoms with van der Waals surface area (Å²) in [7, 11) is 1.38. The van der Waals surface area contributed by atoms with Crippen molar-refractivity contribution in [1.29, 1.82) is 0 Å². The smallest absolute Gasteiger partial charge is 0.464 e. The van der Waals surface area contributed by atoms with Crippen LogP contribution in [-0.4, -0.2) is 25.4 Å². The maximum absolute atomic E-state index is 13.6. The van der Waals surface area contributed by atoms with Crippen LogP contribution in [0.25, 0.3) is 0 Å². The van der Waals surface area contributed by atoms with Gasteiger partial charge in [-0.05, 0) is 70.1 Å². The minimum absolute atomic E-state index is 0.128. The Morgan fingerprint density at radius 3 is 2.13 bits per heavy atom. The molecule has 4 aliphatic rings. The monoisotopic (exact) mass is 318 g/mol. The molecule has 5 heteroatoms. The van der Waals surface area contributed by atoms with Crippen molar-refractivity contribution < 1.29 is 18.4 Å². The highest BCUT2D eigenvalue weighted by molar-refractivity contribution is 6.51. The summed E-state index contributed by atoms with van der Waals surface area (Å²) in [6, 6.07) is 5.25. The summed E-state index contributed by atoms with van der Waals surface area (Å²) in [5.41, 5.74) is 0.776. The number of rotatable bonds is 3. The number of ether oxygens (including phenoxy) is 1. The molecular formula is C18H24BFO3. The predicted molar refractivity (Wildman–Crippen MR) is 87.3 cm³/mol. The lowest BCUT2D eigenvalue weighted by atomic mass is 9.23. The van der Waals surface area contributed by atoms with Gasteiger partial charge in [0.25, 0.3) is 0 Å². The van der Waals surface area contributed by atoms with E-state index in [0.717, 1.165) is 19.3 Å². The molecule has 0 aromatic heterocycles. The Kier molecular flexibility index (Phi) is 2.90. The molecule has 2 bridgehead atoms. The molecule has 3 nitrogen and oxygen atoms in total. The highest BCUT2D eigenvalue weighted by atomic mass is 19.1. The lowest BCUT2D eigenvalue weighted by Crippen LogP contribution is -2.66. The number of benzene rings is 1. The molecule has 1 heterocycles. The summed E-state index contributed by atoms with van der Waals surface area (Å²) in [5, 5.41) is 0.132. The van der Waals surface area contributed by atoms with E-state index in [1.54, 1.807) is 0 Å². The molecule has 0 amide bonds. The Labute approximate surface area is 137 Å². The third kappa shape index (κ3) is 1.90. The standard InChI is InChI=1S/C18H24BFO3/c1-15(2)16(3,4)23-19(22-15)18-9-17(10-18,11-18)12-6-7-13(20)14(8-12)21-5/h6-8H,9-11H2,1-5H3. The molecule has 0 N–H and O–H groups in total. The van der Waals surface area contributed by atoms with Crippen LogP contribution in [-0.2, 0) is 14.7 Å².